The van der Waals surface area contributed by atoms with Crippen molar-refractivity contribution in [2.75, 3.05) is 24.6 Å². The Labute approximate surface area is 243 Å². The number of ether oxygens (including phenoxy) is 2. The monoisotopic (exact) mass is 581 g/mol. The Morgan fingerprint density at radius 3 is 2.12 bits per heavy atom. The summed E-state index contributed by atoms with van der Waals surface area (Å²) < 4.78 is 40.1. The van der Waals surface area contributed by atoms with Gasteiger partial charge in [0.2, 0.25) is 11.8 Å². The predicted octanol–water partition coefficient (Wildman–Crippen LogP) is 4.62. The summed E-state index contributed by atoms with van der Waals surface area (Å²) in [6.45, 7) is 7.18. The fraction of sp³-hybridized carbons (Fsp3) is 0.355. The summed E-state index contributed by atoms with van der Waals surface area (Å²) in [5.41, 5.74) is 0.998. The molecule has 0 heterocycles. The van der Waals surface area contributed by atoms with Gasteiger partial charge in [-0.3, -0.25) is 13.9 Å². The molecule has 2 amide bonds. The maximum absolute atomic E-state index is 14.2. The number of carbonyl (C=O) groups excluding carboxylic acids is 2. The number of anilines is 1. The van der Waals surface area contributed by atoms with E-state index in [-0.39, 0.29) is 29.1 Å². The molecule has 3 rings (SSSR count). The lowest BCUT2D eigenvalue weighted by atomic mass is 10.1. The molecule has 3 aromatic rings. The SMILES string of the molecule is CCOc1ccccc1N(CC(=O)N(Cc1ccc(OC)cc1)[C@H](CC)C(=O)NC(C)C)S(=O)(=O)c1ccccc1. The molecule has 0 fully saturated rings. The topological polar surface area (TPSA) is 105 Å². The highest BCUT2D eigenvalue weighted by molar-refractivity contribution is 7.92. The van der Waals surface area contributed by atoms with Crippen molar-refractivity contribution in [3.63, 3.8) is 0 Å². The first-order chi connectivity index (χ1) is 19.6. The second kappa shape index (κ2) is 14.5. The van der Waals surface area contributed by atoms with Crippen molar-refractivity contribution in [1.29, 1.82) is 0 Å². The van der Waals surface area contributed by atoms with Gasteiger partial charge in [-0.2, -0.15) is 0 Å². The van der Waals surface area contributed by atoms with Crippen molar-refractivity contribution in [2.45, 2.75) is 57.6 Å². The molecule has 1 atom stereocenters. The summed E-state index contributed by atoms with van der Waals surface area (Å²) >= 11 is 0. The van der Waals surface area contributed by atoms with Crippen molar-refractivity contribution in [2.24, 2.45) is 0 Å². The molecule has 0 aliphatic carbocycles. The van der Waals surface area contributed by atoms with Crippen molar-refractivity contribution >= 4 is 27.5 Å². The molecule has 0 aliphatic rings. The van der Waals surface area contributed by atoms with Crippen molar-refractivity contribution < 1.29 is 27.5 Å². The van der Waals surface area contributed by atoms with Gasteiger partial charge in [-0.05, 0) is 69.2 Å². The lowest BCUT2D eigenvalue weighted by molar-refractivity contribution is -0.140. The van der Waals surface area contributed by atoms with Crippen LogP contribution in [0.2, 0.25) is 0 Å². The summed E-state index contributed by atoms with van der Waals surface area (Å²) in [6.07, 6.45) is 0.335. The summed E-state index contributed by atoms with van der Waals surface area (Å²) in [7, 11) is -2.62. The number of rotatable bonds is 14. The van der Waals surface area contributed by atoms with Crippen molar-refractivity contribution in [3.05, 3.63) is 84.4 Å². The molecule has 3 aromatic carbocycles. The van der Waals surface area contributed by atoms with Crippen LogP contribution in [0.5, 0.6) is 11.5 Å². The number of sulfonamides is 1. The molecule has 9 nitrogen and oxygen atoms in total. The Morgan fingerprint density at radius 2 is 1.54 bits per heavy atom. The van der Waals surface area contributed by atoms with E-state index in [0.29, 0.717) is 24.5 Å². The van der Waals surface area contributed by atoms with Gasteiger partial charge in [-0.25, -0.2) is 8.42 Å². The quantitative estimate of drug-likeness (QED) is 0.298. The lowest BCUT2D eigenvalue weighted by Crippen LogP contribution is -2.53. The zero-order chi connectivity index (χ0) is 30.0. The molecule has 0 aromatic heterocycles. The Morgan fingerprint density at radius 1 is 0.902 bits per heavy atom. The van der Waals surface area contributed by atoms with Crippen LogP contribution < -0.4 is 19.1 Å². The smallest absolute Gasteiger partial charge is 0.264 e. The Hall–Kier alpha value is -4.05. The van der Waals surface area contributed by atoms with E-state index in [0.717, 1.165) is 9.87 Å². The Bertz CT molecular complexity index is 1390. The fourth-order valence-corrected chi connectivity index (χ4v) is 5.85. The summed E-state index contributed by atoms with van der Waals surface area (Å²) in [4.78, 5) is 28.9. The minimum absolute atomic E-state index is 0.0328. The molecule has 0 saturated carbocycles. The summed E-state index contributed by atoms with van der Waals surface area (Å²) in [6, 6.07) is 20.9. The minimum atomic E-state index is -4.19. The molecule has 220 valence electrons. The molecule has 0 spiro atoms. The molecule has 10 heteroatoms. The molecule has 0 saturated heterocycles. The van der Waals surface area contributed by atoms with Crippen molar-refractivity contribution in [3.8, 4) is 11.5 Å². The average molecular weight is 582 g/mol. The van der Waals surface area contributed by atoms with Gasteiger partial charge >= 0.3 is 0 Å². The van der Waals surface area contributed by atoms with Crippen LogP contribution in [0.4, 0.5) is 5.69 Å². The largest absolute Gasteiger partial charge is 0.497 e. The molecular weight excluding hydrogens is 542 g/mol. The van der Waals surface area contributed by atoms with Crippen LogP contribution in [0.3, 0.4) is 0 Å². The van der Waals surface area contributed by atoms with E-state index in [1.807, 2.05) is 32.9 Å². The van der Waals surface area contributed by atoms with Gasteiger partial charge in [0.05, 0.1) is 24.3 Å². The number of para-hydroxylation sites is 2. The van der Waals surface area contributed by atoms with Gasteiger partial charge in [0.1, 0.15) is 24.1 Å². The third kappa shape index (κ3) is 8.00. The molecule has 0 unspecified atom stereocenters. The van der Waals surface area contributed by atoms with Gasteiger partial charge in [0.25, 0.3) is 10.0 Å². The number of methoxy groups -OCH3 is 1. The highest BCUT2D eigenvalue weighted by atomic mass is 32.2. The predicted molar refractivity (Wildman–Crippen MR) is 159 cm³/mol. The highest BCUT2D eigenvalue weighted by Crippen LogP contribution is 2.33. The van der Waals surface area contributed by atoms with Crippen LogP contribution >= 0.6 is 0 Å². The zero-order valence-corrected chi connectivity index (χ0v) is 25.1. The van der Waals surface area contributed by atoms with E-state index in [9.17, 15) is 18.0 Å². The third-order valence-electron chi connectivity index (χ3n) is 6.37. The number of hydrogen-bond donors (Lipinski definition) is 1. The Balaban J connectivity index is 2.09. The minimum Gasteiger partial charge on any atom is -0.497 e. The van der Waals surface area contributed by atoms with Gasteiger partial charge in [-0.15, -0.1) is 0 Å². The maximum Gasteiger partial charge on any atom is 0.264 e. The van der Waals surface area contributed by atoms with E-state index in [4.69, 9.17) is 9.47 Å². The maximum atomic E-state index is 14.2. The number of carbonyl (C=O) groups is 2. The van der Waals surface area contributed by atoms with Crippen LogP contribution in [-0.2, 0) is 26.2 Å². The van der Waals surface area contributed by atoms with Crippen LogP contribution in [0, 0.1) is 0 Å². The molecule has 1 N–H and O–H groups in total. The normalized spacial score (nSPS) is 12.0. The molecule has 0 radical (unpaired) electrons. The van der Waals surface area contributed by atoms with Crippen LogP contribution in [0.15, 0.2) is 83.8 Å². The van der Waals surface area contributed by atoms with E-state index in [1.165, 1.54) is 17.0 Å². The second-order valence-corrected chi connectivity index (χ2v) is 11.5. The molecule has 0 bridgehead atoms. The fourth-order valence-electron chi connectivity index (χ4n) is 4.40. The first kappa shape index (κ1) is 31.5. The van der Waals surface area contributed by atoms with E-state index < -0.39 is 28.5 Å². The van der Waals surface area contributed by atoms with Gasteiger partial charge in [0.15, 0.2) is 0 Å². The van der Waals surface area contributed by atoms with Crippen molar-refractivity contribution in [1.82, 2.24) is 10.2 Å². The average Bonchev–Trinajstić information content (AvgIpc) is 2.96. The standard InChI is InChI=1S/C31H39N3O6S/c1-6-27(31(36)32-23(3)4)33(21-24-17-19-25(39-5)20-18-24)30(35)22-34(28-15-11-12-16-29(28)40-7-2)41(37,38)26-13-9-8-10-14-26/h8-20,23,27H,6-7,21-22H2,1-5H3,(H,32,36)/t27-/m1/s1. The third-order valence-corrected chi connectivity index (χ3v) is 8.15. The van der Waals surface area contributed by atoms with Crippen LogP contribution in [-0.4, -0.2) is 57.5 Å². The van der Waals surface area contributed by atoms with Gasteiger partial charge in [0, 0.05) is 12.6 Å². The number of nitrogens with zero attached hydrogens (tertiary/aromatic N) is 2. The van der Waals surface area contributed by atoms with E-state index in [1.54, 1.807) is 68.6 Å². The van der Waals surface area contributed by atoms with Gasteiger partial charge < -0.3 is 19.7 Å². The first-order valence-electron chi connectivity index (χ1n) is 13.6. The van der Waals surface area contributed by atoms with Crippen LogP contribution in [0.25, 0.3) is 0 Å². The first-order valence-corrected chi connectivity index (χ1v) is 15.1. The highest BCUT2D eigenvalue weighted by Gasteiger charge is 2.34. The molecule has 41 heavy (non-hydrogen) atoms. The summed E-state index contributed by atoms with van der Waals surface area (Å²) in [5, 5.41) is 2.90. The number of benzene rings is 3. The summed E-state index contributed by atoms with van der Waals surface area (Å²) in [5.74, 6) is 0.145. The number of hydrogen-bond acceptors (Lipinski definition) is 6. The van der Waals surface area contributed by atoms with E-state index >= 15 is 0 Å². The lowest BCUT2D eigenvalue weighted by Gasteiger charge is -2.34. The van der Waals surface area contributed by atoms with Gasteiger partial charge in [-0.1, -0.05) is 49.4 Å². The molecule has 0 aliphatic heterocycles. The van der Waals surface area contributed by atoms with E-state index in [2.05, 4.69) is 5.32 Å². The molecular formula is C31H39N3O6S. The van der Waals surface area contributed by atoms with Crippen LogP contribution in [0.1, 0.15) is 39.7 Å². The second-order valence-electron chi connectivity index (χ2n) is 9.68. The zero-order valence-electron chi connectivity index (χ0n) is 24.2. The number of nitrogens with one attached hydrogen (secondary N) is 1. The Kier molecular flexibility index (Phi) is 11.2. The number of amides is 2.